The fourth-order valence-electron chi connectivity index (χ4n) is 2.65. The Morgan fingerprint density at radius 2 is 1.83 bits per heavy atom. The monoisotopic (exact) mass is 255 g/mol. The third-order valence-electron chi connectivity index (χ3n) is 3.89. The van der Waals surface area contributed by atoms with Gasteiger partial charge >= 0.3 is 0 Å². The van der Waals surface area contributed by atoms with Crippen LogP contribution in [0.1, 0.15) is 31.2 Å². The molecule has 0 saturated heterocycles. The molecule has 0 atom stereocenters. The molecule has 1 saturated carbocycles. The van der Waals surface area contributed by atoms with Gasteiger partial charge < -0.3 is 10.4 Å². The zero-order valence-electron chi connectivity index (χ0n) is 10.5. The average molecular weight is 255 g/mol. The Morgan fingerprint density at radius 1 is 1.28 bits per heavy atom. The van der Waals surface area contributed by atoms with E-state index in [2.05, 4.69) is 5.32 Å². The van der Waals surface area contributed by atoms with Gasteiger partial charge in [0.25, 0.3) is 0 Å². The van der Waals surface area contributed by atoms with Gasteiger partial charge in [-0.15, -0.1) is 0 Å². The zero-order valence-corrected chi connectivity index (χ0v) is 10.5. The molecule has 2 rings (SSSR count). The number of hydrogen-bond acceptors (Lipinski definition) is 2. The van der Waals surface area contributed by atoms with Crippen LogP contribution in [-0.4, -0.2) is 23.8 Å². The summed E-state index contributed by atoms with van der Waals surface area (Å²) in [5.74, 6) is -1.14. The van der Waals surface area contributed by atoms with Crippen LogP contribution in [0.25, 0.3) is 0 Å². The van der Waals surface area contributed by atoms with E-state index in [1.165, 1.54) is 18.2 Å². The highest BCUT2D eigenvalue weighted by Gasteiger charge is 2.34. The van der Waals surface area contributed by atoms with E-state index in [0.717, 1.165) is 12.8 Å². The summed E-state index contributed by atoms with van der Waals surface area (Å²) in [6, 6.07) is 4.22. The first-order chi connectivity index (χ1) is 8.54. The highest BCUT2D eigenvalue weighted by molar-refractivity contribution is 5.22. The minimum Gasteiger partial charge on any atom is -0.390 e. The molecule has 0 unspecified atom stereocenters. The molecule has 18 heavy (non-hydrogen) atoms. The SMILES string of the molecule is CNC1CCC(O)(Cc2c(F)cccc2F)CC1. The number of hydrogen-bond donors (Lipinski definition) is 2. The molecule has 1 aliphatic rings. The maximum Gasteiger partial charge on any atom is 0.129 e. The molecular formula is C14H19F2NO. The number of nitrogens with one attached hydrogen (secondary N) is 1. The zero-order chi connectivity index (χ0) is 13.2. The summed E-state index contributed by atoms with van der Waals surface area (Å²) >= 11 is 0. The summed E-state index contributed by atoms with van der Waals surface area (Å²) < 4.78 is 27.1. The Bertz CT molecular complexity index is 394. The minimum absolute atomic E-state index is 0.00269. The lowest BCUT2D eigenvalue weighted by Crippen LogP contribution is -2.41. The summed E-state index contributed by atoms with van der Waals surface area (Å²) in [7, 11) is 1.89. The van der Waals surface area contributed by atoms with E-state index in [-0.39, 0.29) is 12.0 Å². The van der Waals surface area contributed by atoms with E-state index >= 15 is 0 Å². The third-order valence-corrected chi connectivity index (χ3v) is 3.89. The Hall–Kier alpha value is -1.00. The van der Waals surface area contributed by atoms with Crippen molar-refractivity contribution in [3.63, 3.8) is 0 Å². The first kappa shape index (κ1) is 13.4. The second-order valence-corrected chi connectivity index (χ2v) is 5.16. The Labute approximate surface area is 106 Å². The van der Waals surface area contributed by atoms with Crippen LogP contribution in [0.15, 0.2) is 18.2 Å². The molecule has 0 aliphatic heterocycles. The molecule has 0 aromatic heterocycles. The molecule has 1 fully saturated rings. The van der Waals surface area contributed by atoms with Crippen molar-refractivity contribution in [2.75, 3.05) is 7.05 Å². The van der Waals surface area contributed by atoms with E-state index in [0.29, 0.717) is 18.9 Å². The van der Waals surface area contributed by atoms with Gasteiger partial charge in [0.1, 0.15) is 11.6 Å². The van der Waals surface area contributed by atoms with Crippen LogP contribution in [-0.2, 0) is 6.42 Å². The smallest absolute Gasteiger partial charge is 0.129 e. The molecule has 1 aliphatic carbocycles. The van der Waals surface area contributed by atoms with Crippen molar-refractivity contribution in [3.05, 3.63) is 35.4 Å². The van der Waals surface area contributed by atoms with E-state index in [9.17, 15) is 13.9 Å². The highest BCUT2D eigenvalue weighted by Crippen LogP contribution is 2.32. The average Bonchev–Trinajstić information content (AvgIpc) is 2.35. The van der Waals surface area contributed by atoms with Gasteiger partial charge in [0.15, 0.2) is 0 Å². The van der Waals surface area contributed by atoms with Crippen molar-refractivity contribution in [1.29, 1.82) is 0 Å². The van der Waals surface area contributed by atoms with Crippen LogP contribution in [0.2, 0.25) is 0 Å². The van der Waals surface area contributed by atoms with Gasteiger partial charge in [-0.05, 0) is 44.9 Å². The fourth-order valence-corrected chi connectivity index (χ4v) is 2.65. The van der Waals surface area contributed by atoms with Crippen molar-refractivity contribution in [2.45, 2.75) is 43.7 Å². The molecular weight excluding hydrogens is 236 g/mol. The van der Waals surface area contributed by atoms with Crippen molar-refractivity contribution in [1.82, 2.24) is 5.32 Å². The summed E-state index contributed by atoms with van der Waals surface area (Å²) in [6.07, 6.45) is 2.88. The van der Waals surface area contributed by atoms with Gasteiger partial charge in [0.2, 0.25) is 0 Å². The van der Waals surface area contributed by atoms with E-state index in [1.807, 2.05) is 7.05 Å². The van der Waals surface area contributed by atoms with Crippen LogP contribution in [0.4, 0.5) is 8.78 Å². The standard InChI is InChI=1S/C14H19F2NO/c1-17-10-5-7-14(18,8-6-10)9-11-12(15)3-2-4-13(11)16/h2-4,10,17-18H,5-9H2,1H3. The summed E-state index contributed by atoms with van der Waals surface area (Å²) in [5, 5.41) is 13.6. The highest BCUT2D eigenvalue weighted by atomic mass is 19.1. The summed E-state index contributed by atoms with van der Waals surface area (Å²) in [6.45, 7) is 0. The fraction of sp³-hybridized carbons (Fsp3) is 0.571. The predicted molar refractivity (Wildman–Crippen MR) is 66.3 cm³/mol. The first-order valence-corrected chi connectivity index (χ1v) is 6.36. The second-order valence-electron chi connectivity index (χ2n) is 5.16. The number of halogens is 2. The van der Waals surface area contributed by atoms with E-state index < -0.39 is 17.2 Å². The van der Waals surface area contributed by atoms with Crippen LogP contribution in [0.3, 0.4) is 0 Å². The molecule has 2 N–H and O–H groups in total. The van der Waals surface area contributed by atoms with Crippen molar-refractivity contribution >= 4 is 0 Å². The molecule has 1 aromatic rings. The van der Waals surface area contributed by atoms with E-state index in [1.54, 1.807) is 0 Å². The maximum atomic E-state index is 13.6. The molecule has 0 spiro atoms. The molecule has 0 amide bonds. The maximum absolute atomic E-state index is 13.6. The van der Waals surface area contributed by atoms with Crippen LogP contribution in [0, 0.1) is 11.6 Å². The largest absolute Gasteiger partial charge is 0.390 e. The first-order valence-electron chi connectivity index (χ1n) is 6.36. The van der Waals surface area contributed by atoms with Gasteiger partial charge in [-0.25, -0.2) is 8.78 Å². The molecule has 0 radical (unpaired) electrons. The van der Waals surface area contributed by atoms with Gasteiger partial charge in [-0.2, -0.15) is 0 Å². The number of aliphatic hydroxyl groups is 1. The molecule has 2 nitrogen and oxygen atoms in total. The topological polar surface area (TPSA) is 32.3 Å². The molecule has 1 aromatic carbocycles. The van der Waals surface area contributed by atoms with E-state index in [4.69, 9.17) is 0 Å². The van der Waals surface area contributed by atoms with Gasteiger partial charge in [-0.1, -0.05) is 6.07 Å². The van der Waals surface area contributed by atoms with Gasteiger partial charge in [-0.3, -0.25) is 0 Å². The predicted octanol–water partition coefficient (Wildman–Crippen LogP) is 2.40. The molecule has 4 heteroatoms. The number of benzene rings is 1. The summed E-state index contributed by atoms with van der Waals surface area (Å²) in [5.41, 5.74) is -0.973. The van der Waals surface area contributed by atoms with Crippen LogP contribution in [0.5, 0.6) is 0 Å². The molecule has 0 heterocycles. The minimum atomic E-state index is -0.976. The van der Waals surface area contributed by atoms with Gasteiger partial charge in [0, 0.05) is 18.0 Å². The molecule has 100 valence electrons. The van der Waals surface area contributed by atoms with Crippen molar-refractivity contribution < 1.29 is 13.9 Å². The lowest BCUT2D eigenvalue weighted by molar-refractivity contribution is -0.00378. The molecule has 0 bridgehead atoms. The lowest BCUT2D eigenvalue weighted by Gasteiger charge is -2.36. The van der Waals surface area contributed by atoms with Crippen LogP contribution >= 0.6 is 0 Å². The van der Waals surface area contributed by atoms with Crippen molar-refractivity contribution in [3.8, 4) is 0 Å². The van der Waals surface area contributed by atoms with Crippen molar-refractivity contribution in [2.24, 2.45) is 0 Å². The lowest BCUT2D eigenvalue weighted by atomic mass is 9.78. The number of rotatable bonds is 3. The second kappa shape index (κ2) is 5.33. The Morgan fingerprint density at radius 3 is 2.33 bits per heavy atom. The Balaban J connectivity index is 2.09. The normalized spacial score (nSPS) is 28.3. The van der Waals surface area contributed by atoms with Crippen LogP contribution < -0.4 is 5.32 Å². The quantitative estimate of drug-likeness (QED) is 0.869. The summed E-state index contributed by atoms with van der Waals surface area (Å²) in [4.78, 5) is 0. The third kappa shape index (κ3) is 2.87. The Kier molecular flexibility index (Phi) is 3.97. The van der Waals surface area contributed by atoms with Gasteiger partial charge in [0.05, 0.1) is 5.60 Å².